The van der Waals surface area contributed by atoms with Gasteiger partial charge in [0.25, 0.3) is 0 Å². The molecule has 102 valence electrons. The number of halogens is 1. The molecule has 0 saturated heterocycles. The van der Waals surface area contributed by atoms with Crippen molar-refractivity contribution in [2.24, 2.45) is 4.99 Å². The SMILES string of the molecule is CSC1=C(c2cc(F)cc3sccc23)N2CCN=C2S1. The standard InChI is InChI=1S/C14H11FN2S3/c1-18-13-12(17-4-3-16-14(17)20-13)10-6-8(15)7-11-9(10)2-5-19-11/h2,5-7H,3-4H2,1H3. The zero-order valence-electron chi connectivity index (χ0n) is 10.7. The predicted octanol–water partition coefficient (Wildman–Crippen LogP) is 4.45. The molecule has 2 aliphatic heterocycles. The Morgan fingerprint density at radius 1 is 1.40 bits per heavy atom. The zero-order chi connectivity index (χ0) is 13.7. The third-order valence-corrected chi connectivity index (χ3v) is 6.51. The van der Waals surface area contributed by atoms with E-state index in [9.17, 15) is 4.39 Å². The normalized spacial score (nSPS) is 18.1. The van der Waals surface area contributed by atoms with Gasteiger partial charge in [0.1, 0.15) is 5.82 Å². The van der Waals surface area contributed by atoms with Gasteiger partial charge in [-0.25, -0.2) is 4.39 Å². The monoisotopic (exact) mass is 322 g/mol. The lowest BCUT2D eigenvalue weighted by Crippen LogP contribution is -2.20. The zero-order valence-corrected chi connectivity index (χ0v) is 13.2. The molecule has 0 saturated carbocycles. The molecule has 0 bridgehead atoms. The molecule has 0 radical (unpaired) electrons. The number of aliphatic imine (C=N–C) groups is 1. The third kappa shape index (κ3) is 1.82. The molecule has 0 unspecified atom stereocenters. The van der Waals surface area contributed by atoms with Gasteiger partial charge in [-0.2, -0.15) is 0 Å². The lowest BCUT2D eigenvalue weighted by atomic mass is 10.1. The summed E-state index contributed by atoms with van der Waals surface area (Å²) in [6.07, 6.45) is 2.06. The van der Waals surface area contributed by atoms with Crippen molar-refractivity contribution in [3.63, 3.8) is 0 Å². The van der Waals surface area contributed by atoms with Crippen LogP contribution in [0.4, 0.5) is 4.39 Å². The van der Waals surface area contributed by atoms with Crippen molar-refractivity contribution in [1.82, 2.24) is 4.90 Å². The van der Waals surface area contributed by atoms with E-state index >= 15 is 0 Å². The first-order chi connectivity index (χ1) is 9.78. The van der Waals surface area contributed by atoms with Crippen LogP contribution in [0.2, 0.25) is 0 Å². The van der Waals surface area contributed by atoms with Gasteiger partial charge in [0, 0.05) is 22.2 Å². The number of rotatable bonds is 2. The minimum Gasteiger partial charge on any atom is -0.317 e. The fraction of sp³-hybridized carbons (Fsp3) is 0.214. The Balaban J connectivity index is 1.97. The summed E-state index contributed by atoms with van der Waals surface area (Å²) in [5, 5.41) is 4.21. The van der Waals surface area contributed by atoms with E-state index in [1.54, 1.807) is 47.0 Å². The van der Waals surface area contributed by atoms with Crippen molar-refractivity contribution >= 4 is 55.8 Å². The van der Waals surface area contributed by atoms with Crippen LogP contribution in [0.25, 0.3) is 15.8 Å². The molecule has 0 spiro atoms. The fourth-order valence-electron chi connectivity index (χ4n) is 2.59. The van der Waals surface area contributed by atoms with Crippen LogP contribution in [0.3, 0.4) is 0 Å². The summed E-state index contributed by atoms with van der Waals surface area (Å²) < 4.78 is 16.1. The number of fused-ring (bicyclic) bond motifs is 2. The Hall–Kier alpha value is -0.980. The van der Waals surface area contributed by atoms with E-state index in [1.165, 1.54) is 4.24 Å². The Kier molecular flexibility index (Phi) is 3.05. The molecule has 2 aromatic rings. The van der Waals surface area contributed by atoms with Gasteiger partial charge in [0.05, 0.1) is 16.5 Å². The Bertz CT molecular complexity index is 763. The van der Waals surface area contributed by atoms with Crippen molar-refractivity contribution in [2.75, 3.05) is 19.3 Å². The highest BCUT2D eigenvalue weighted by Crippen LogP contribution is 2.48. The van der Waals surface area contributed by atoms with Gasteiger partial charge in [-0.15, -0.1) is 23.1 Å². The van der Waals surface area contributed by atoms with Crippen molar-refractivity contribution in [3.8, 4) is 0 Å². The maximum atomic E-state index is 13.9. The molecule has 0 fully saturated rings. The first-order valence-corrected chi connectivity index (χ1v) is 9.15. The molecule has 1 aromatic heterocycles. The van der Waals surface area contributed by atoms with Crippen molar-refractivity contribution in [2.45, 2.75) is 0 Å². The molecule has 2 nitrogen and oxygen atoms in total. The summed E-state index contributed by atoms with van der Waals surface area (Å²) in [7, 11) is 0. The van der Waals surface area contributed by atoms with E-state index in [1.807, 2.05) is 5.38 Å². The summed E-state index contributed by atoms with van der Waals surface area (Å²) in [6.45, 7) is 1.72. The van der Waals surface area contributed by atoms with Crippen molar-refractivity contribution in [1.29, 1.82) is 0 Å². The first kappa shape index (κ1) is 12.7. The average molecular weight is 322 g/mol. The van der Waals surface area contributed by atoms with Gasteiger partial charge in [-0.1, -0.05) is 0 Å². The summed E-state index contributed by atoms with van der Waals surface area (Å²) in [6, 6.07) is 5.35. The van der Waals surface area contributed by atoms with Gasteiger partial charge in [0.15, 0.2) is 5.17 Å². The molecule has 4 rings (SSSR count). The van der Waals surface area contributed by atoms with Crippen LogP contribution in [-0.4, -0.2) is 29.4 Å². The van der Waals surface area contributed by atoms with Crippen LogP contribution in [0.1, 0.15) is 5.56 Å². The topological polar surface area (TPSA) is 15.6 Å². The second-order valence-corrected chi connectivity index (χ2v) is 7.54. The van der Waals surface area contributed by atoms with E-state index in [0.717, 1.165) is 39.6 Å². The van der Waals surface area contributed by atoms with Crippen LogP contribution >= 0.6 is 34.9 Å². The van der Waals surface area contributed by atoms with Crippen LogP contribution in [0, 0.1) is 5.82 Å². The fourth-order valence-corrected chi connectivity index (χ4v) is 5.33. The number of thioether (sulfide) groups is 2. The lowest BCUT2D eigenvalue weighted by Gasteiger charge is -2.18. The highest BCUT2D eigenvalue weighted by molar-refractivity contribution is 8.30. The van der Waals surface area contributed by atoms with E-state index in [2.05, 4.69) is 22.2 Å². The second-order valence-electron chi connectivity index (χ2n) is 4.54. The van der Waals surface area contributed by atoms with E-state index in [-0.39, 0.29) is 5.82 Å². The van der Waals surface area contributed by atoms with Gasteiger partial charge >= 0.3 is 0 Å². The molecule has 6 heteroatoms. The maximum absolute atomic E-state index is 13.9. The highest BCUT2D eigenvalue weighted by Gasteiger charge is 2.33. The van der Waals surface area contributed by atoms with E-state index < -0.39 is 0 Å². The molecule has 2 aliphatic rings. The Labute approximate surface area is 128 Å². The predicted molar refractivity (Wildman–Crippen MR) is 88.8 cm³/mol. The second kappa shape index (κ2) is 4.79. The number of thiophene rings is 1. The molecule has 1 aromatic carbocycles. The molecule has 20 heavy (non-hydrogen) atoms. The van der Waals surface area contributed by atoms with Crippen LogP contribution in [0.15, 0.2) is 32.8 Å². The Morgan fingerprint density at radius 3 is 3.15 bits per heavy atom. The van der Waals surface area contributed by atoms with Crippen LogP contribution in [0.5, 0.6) is 0 Å². The van der Waals surface area contributed by atoms with Gasteiger partial charge < -0.3 is 4.90 Å². The third-order valence-electron chi connectivity index (χ3n) is 3.43. The molecule has 0 atom stereocenters. The largest absolute Gasteiger partial charge is 0.317 e. The summed E-state index contributed by atoms with van der Waals surface area (Å²) in [5.74, 6) is -0.169. The van der Waals surface area contributed by atoms with Crippen LogP contribution in [-0.2, 0) is 0 Å². The van der Waals surface area contributed by atoms with Crippen LogP contribution < -0.4 is 0 Å². The lowest BCUT2D eigenvalue weighted by molar-refractivity contribution is 0.625. The number of hydrogen-bond donors (Lipinski definition) is 0. The molecule has 3 heterocycles. The van der Waals surface area contributed by atoms with Gasteiger partial charge in [-0.05, 0) is 41.6 Å². The van der Waals surface area contributed by atoms with E-state index in [0.29, 0.717) is 0 Å². The first-order valence-electron chi connectivity index (χ1n) is 6.23. The summed E-state index contributed by atoms with van der Waals surface area (Å²) in [4.78, 5) is 6.75. The molecule has 0 N–H and O–H groups in total. The minimum absolute atomic E-state index is 0.169. The average Bonchev–Trinajstić information content (AvgIpc) is 3.11. The molecular formula is C14H11FN2S3. The van der Waals surface area contributed by atoms with Crippen molar-refractivity contribution < 1.29 is 4.39 Å². The minimum atomic E-state index is -0.169. The van der Waals surface area contributed by atoms with E-state index in [4.69, 9.17) is 0 Å². The Morgan fingerprint density at radius 2 is 2.30 bits per heavy atom. The number of benzene rings is 1. The number of amidine groups is 1. The smallest absolute Gasteiger partial charge is 0.169 e. The van der Waals surface area contributed by atoms with Gasteiger partial charge in [0.2, 0.25) is 0 Å². The molecular weight excluding hydrogens is 311 g/mol. The van der Waals surface area contributed by atoms with Crippen molar-refractivity contribution in [3.05, 3.63) is 39.2 Å². The number of hydrogen-bond acceptors (Lipinski definition) is 5. The highest BCUT2D eigenvalue weighted by atomic mass is 32.2. The maximum Gasteiger partial charge on any atom is 0.169 e. The summed E-state index contributed by atoms with van der Waals surface area (Å²) >= 11 is 4.99. The van der Waals surface area contributed by atoms with Gasteiger partial charge in [-0.3, -0.25) is 4.99 Å². The quantitative estimate of drug-likeness (QED) is 0.812. The molecule has 0 amide bonds. The summed E-state index contributed by atoms with van der Waals surface area (Å²) in [5.41, 5.74) is 2.12. The number of nitrogens with zero attached hydrogens (tertiary/aromatic N) is 2. The molecule has 0 aliphatic carbocycles.